The second kappa shape index (κ2) is 8.08. The Morgan fingerprint density at radius 1 is 1.14 bits per heavy atom. The predicted molar refractivity (Wildman–Crippen MR) is 103 cm³/mol. The van der Waals surface area contributed by atoms with Crippen LogP contribution in [0.1, 0.15) is 18.7 Å². The number of amides is 2. The summed E-state index contributed by atoms with van der Waals surface area (Å²) in [5, 5.41) is 11.0. The van der Waals surface area contributed by atoms with Gasteiger partial charge in [0.05, 0.1) is 0 Å². The van der Waals surface area contributed by atoms with Crippen LogP contribution in [0.4, 0.5) is 5.69 Å². The minimum absolute atomic E-state index is 0.0669. The highest BCUT2D eigenvalue weighted by Gasteiger charge is 2.21. The Labute approximate surface area is 162 Å². The number of fused-ring (bicyclic) bond motifs is 1. The van der Waals surface area contributed by atoms with Crippen molar-refractivity contribution >= 4 is 23.1 Å². The number of ether oxygens (including phenoxy) is 1. The zero-order chi connectivity index (χ0) is 19.3. The largest absolute Gasteiger partial charge is 0.484 e. The molecule has 2 amide bonds. The molecule has 0 radical (unpaired) electrons. The van der Waals surface area contributed by atoms with Crippen LogP contribution in [0.5, 0.6) is 5.75 Å². The Kier molecular flexibility index (Phi) is 5.18. The molecule has 2 aromatic heterocycles. The molecule has 0 aliphatic carbocycles. The molecule has 8 heteroatoms. The van der Waals surface area contributed by atoms with Crippen molar-refractivity contribution in [1.29, 1.82) is 0 Å². The number of pyridine rings is 1. The molecule has 0 saturated carbocycles. The minimum atomic E-state index is -0.201. The number of hydrogen-bond donors (Lipinski definition) is 1. The third-order valence-electron chi connectivity index (χ3n) is 4.65. The Morgan fingerprint density at radius 3 is 2.79 bits per heavy atom. The fourth-order valence-electron chi connectivity index (χ4n) is 3.22. The summed E-state index contributed by atoms with van der Waals surface area (Å²) in [5.74, 6) is 1.33. The van der Waals surface area contributed by atoms with E-state index in [1.807, 2.05) is 40.9 Å². The highest BCUT2D eigenvalue weighted by Crippen LogP contribution is 2.23. The summed E-state index contributed by atoms with van der Waals surface area (Å²) in [4.78, 5) is 25.5. The maximum absolute atomic E-state index is 12.0. The quantitative estimate of drug-likeness (QED) is 0.674. The van der Waals surface area contributed by atoms with Crippen LogP contribution in [0.3, 0.4) is 0 Å². The molecule has 0 spiro atoms. The first-order chi connectivity index (χ1) is 13.7. The van der Waals surface area contributed by atoms with Crippen LogP contribution in [0.25, 0.3) is 5.65 Å². The number of rotatable bonds is 7. The first kappa shape index (κ1) is 18.0. The molecule has 1 N–H and O–H groups in total. The lowest BCUT2D eigenvalue weighted by atomic mass is 10.3. The first-order valence-electron chi connectivity index (χ1n) is 9.29. The summed E-state index contributed by atoms with van der Waals surface area (Å²) in [5.41, 5.74) is 1.64. The van der Waals surface area contributed by atoms with Crippen LogP contribution in [0.2, 0.25) is 0 Å². The number of hydrogen-bond acceptors (Lipinski definition) is 5. The van der Waals surface area contributed by atoms with Gasteiger partial charge in [-0.1, -0.05) is 6.07 Å². The van der Waals surface area contributed by atoms with E-state index in [2.05, 4.69) is 15.5 Å². The number of carbonyl (C=O) groups excluding carboxylic acids is 2. The maximum atomic E-state index is 12.0. The van der Waals surface area contributed by atoms with Crippen LogP contribution in [-0.4, -0.2) is 46.1 Å². The zero-order valence-electron chi connectivity index (χ0n) is 15.4. The Morgan fingerprint density at radius 2 is 2.00 bits per heavy atom. The highest BCUT2D eigenvalue weighted by atomic mass is 16.5. The molecule has 0 unspecified atom stereocenters. The van der Waals surface area contributed by atoms with E-state index in [1.54, 1.807) is 17.0 Å². The summed E-state index contributed by atoms with van der Waals surface area (Å²) in [6.07, 6.45) is 3.97. The van der Waals surface area contributed by atoms with Crippen molar-refractivity contribution in [2.75, 3.05) is 24.6 Å². The predicted octanol–water partition coefficient (Wildman–Crippen LogP) is 1.59. The summed E-state index contributed by atoms with van der Waals surface area (Å²) in [6.45, 7) is 1.14. The van der Waals surface area contributed by atoms with Crippen LogP contribution >= 0.6 is 0 Å². The Balaban J connectivity index is 1.22. The lowest BCUT2D eigenvalue weighted by Gasteiger charge is -2.16. The summed E-state index contributed by atoms with van der Waals surface area (Å²) in [7, 11) is 0. The van der Waals surface area contributed by atoms with Gasteiger partial charge < -0.3 is 15.0 Å². The van der Waals surface area contributed by atoms with Gasteiger partial charge in [-0.05, 0) is 42.8 Å². The molecule has 1 aliphatic heterocycles. The Bertz CT molecular complexity index is 983. The van der Waals surface area contributed by atoms with Crippen LogP contribution in [0, 0.1) is 0 Å². The van der Waals surface area contributed by atoms with Gasteiger partial charge in [-0.25, -0.2) is 0 Å². The van der Waals surface area contributed by atoms with Crippen molar-refractivity contribution in [3.8, 4) is 5.75 Å². The molecular weight excluding hydrogens is 358 g/mol. The van der Waals surface area contributed by atoms with Gasteiger partial charge in [0.2, 0.25) is 5.91 Å². The van der Waals surface area contributed by atoms with Crippen molar-refractivity contribution in [3.05, 3.63) is 54.5 Å². The van der Waals surface area contributed by atoms with Gasteiger partial charge in [0.15, 0.2) is 12.3 Å². The normalized spacial score (nSPS) is 13.9. The van der Waals surface area contributed by atoms with E-state index < -0.39 is 0 Å². The van der Waals surface area contributed by atoms with E-state index >= 15 is 0 Å². The molecule has 8 nitrogen and oxygen atoms in total. The van der Waals surface area contributed by atoms with Crippen molar-refractivity contribution < 1.29 is 14.3 Å². The van der Waals surface area contributed by atoms with E-state index in [-0.39, 0.29) is 18.4 Å². The van der Waals surface area contributed by atoms with Gasteiger partial charge in [-0.2, -0.15) is 0 Å². The SMILES string of the molecule is O=C(COc1ccc(N2CCCC2=O)cc1)NCCc1nnc2ccccn12. The number of nitrogens with zero attached hydrogens (tertiary/aromatic N) is 4. The maximum Gasteiger partial charge on any atom is 0.257 e. The number of carbonyl (C=O) groups is 2. The molecule has 0 bridgehead atoms. The van der Waals surface area contributed by atoms with Gasteiger partial charge in [0, 0.05) is 37.8 Å². The highest BCUT2D eigenvalue weighted by molar-refractivity contribution is 5.95. The molecule has 28 heavy (non-hydrogen) atoms. The summed E-state index contributed by atoms with van der Waals surface area (Å²) >= 11 is 0. The van der Waals surface area contributed by atoms with E-state index in [4.69, 9.17) is 4.74 Å². The van der Waals surface area contributed by atoms with Gasteiger partial charge in [0.25, 0.3) is 5.91 Å². The average Bonchev–Trinajstić information content (AvgIpc) is 3.33. The van der Waals surface area contributed by atoms with Crippen LogP contribution in [-0.2, 0) is 16.0 Å². The molecule has 1 saturated heterocycles. The zero-order valence-corrected chi connectivity index (χ0v) is 15.4. The third kappa shape index (κ3) is 3.95. The van der Waals surface area contributed by atoms with E-state index in [9.17, 15) is 9.59 Å². The van der Waals surface area contributed by atoms with E-state index in [0.29, 0.717) is 25.1 Å². The molecule has 0 atom stereocenters. The van der Waals surface area contributed by atoms with Gasteiger partial charge in [-0.15, -0.1) is 10.2 Å². The topological polar surface area (TPSA) is 88.8 Å². The molecule has 1 aromatic carbocycles. The smallest absolute Gasteiger partial charge is 0.257 e. The van der Waals surface area contributed by atoms with Gasteiger partial charge in [-0.3, -0.25) is 14.0 Å². The number of anilines is 1. The fourth-order valence-corrected chi connectivity index (χ4v) is 3.22. The molecule has 3 heterocycles. The fraction of sp³-hybridized carbons (Fsp3) is 0.300. The monoisotopic (exact) mass is 379 g/mol. The second-order valence-corrected chi connectivity index (χ2v) is 6.58. The number of nitrogens with one attached hydrogen (secondary N) is 1. The Hall–Kier alpha value is -3.42. The standard InChI is InChI=1S/C20H21N5O3/c26-19(21-11-10-18-23-22-17-4-1-2-12-25(17)18)14-28-16-8-6-15(7-9-16)24-13-3-5-20(24)27/h1-2,4,6-9,12H,3,5,10-11,13-14H2,(H,21,26). The third-order valence-corrected chi connectivity index (χ3v) is 4.65. The molecule has 144 valence electrons. The number of aromatic nitrogens is 3. The molecular formula is C20H21N5O3. The van der Waals surface area contributed by atoms with Crippen LogP contribution in [0.15, 0.2) is 48.7 Å². The molecule has 1 fully saturated rings. The van der Waals surface area contributed by atoms with Crippen molar-refractivity contribution in [2.24, 2.45) is 0 Å². The lowest BCUT2D eigenvalue weighted by molar-refractivity contribution is -0.123. The summed E-state index contributed by atoms with van der Waals surface area (Å²) < 4.78 is 7.42. The summed E-state index contributed by atoms with van der Waals surface area (Å²) in [6, 6.07) is 12.9. The lowest BCUT2D eigenvalue weighted by Crippen LogP contribution is -2.30. The van der Waals surface area contributed by atoms with Crippen LogP contribution < -0.4 is 15.0 Å². The van der Waals surface area contributed by atoms with Gasteiger partial charge in [0.1, 0.15) is 11.6 Å². The van der Waals surface area contributed by atoms with Crippen molar-refractivity contribution in [1.82, 2.24) is 19.9 Å². The van der Waals surface area contributed by atoms with Crippen molar-refractivity contribution in [3.63, 3.8) is 0 Å². The number of benzene rings is 1. The molecule has 4 rings (SSSR count). The van der Waals surface area contributed by atoms with Gasteiger partial charge >= 0.3 is 0 Å². The minimum Gasteiger partial charge on any atom is -0.484 e. The molecule has 3 aromatic rings. The van der Waals surface area contributed by atoms with Crippen molar-refractivity contribution in [2.45, 2.75) is 19.3 Å². The second-order valence-electron chi connectivity index (χ2n) is 6.58. The first-order valence-corrected chi connectivity index (χ1v) is 9.29. The molecule has 1 aliphatic rings. The van der Waals surface area contributed by atoms with E-state index in [1.165, 1.54) is 0 Å². The average molecular weight is 379 g/mol. The van der Waals surface area contributed by atoms with E-state index in [0.717, 1.165) is 30.1 Å².